The highest BCUT2D eigenvalue weighted by molar-refractivity contribution is 7.31. The first-order valence-electron chi connectivity index (χ1n) is 9.15. The van der Waals surface area contributed by atoms with Gasteiger partial charge in [0.05, 0.1) is 22.8 Å². The highest BCUT2D eigenvalue weighted by Crippen LogP contribution is 2.16. The van der Waals surface area contributed by atoms with E-state index in [1.807, 2.05) is 48.6 Å². The Bertz CT molecular complexity index is 1180. The van der Waals surface area contributed by atoms with Crippen LogP contribution in [0.2, 0.25) is 0 Å². The summed E-state index contributed by atoms with van der Waals surface area (Å²) in [7, 11) is -6.26. The van der Waals surface area contributed by atoms with E-state index in [0.29, 0.717) is 0 Å². The van der Waals surface area contributed by atoms with Crippen molar-refractivity contribution >= 4 is 62.9 Å². The maximum absolute atomic E-state index is 8.74. The SMILES string of the molecule is C1=Cc2cc3ccc(cc4nc(cc5ccc(cc1n2)[nH]5)C=C4)[nH]3.O=[PH](O)O.O=[PH](O)O. The minimum Gasteiger partial charge on any atom is -0.355 e. The number of nitrogens with one attached hydrogen (secondary N) is 2. The largest absolute Gasteiger partial charge is 0.355 e. The third kappa shape index (κ3) is 7.55. The van der Waals surface area contributed by atoms with Crippen molar-refractivity contribution in [3.63, 3.8) is 0 Å². The highest BCUT2D eigenvalue weighted by Gasteiger charge is 2.01. The smallest absolute Gasteiger partial charge is 0.314 e. The molecule has 0 unspecified atom stereocenters. The second-order valence-electron chi connectivity index (χ2n) is 6.47. The normalized spacial score (nSPS) is 11.7. The maximum atomic E-state index is 8.74. The summed E-state index contributed by atoms with van der Waals surface area (Å²) in [4.78, 5) is 44.7. The maximum Gasteiger partial charge on any atom is 0.314 e. The van der Waals surface area contributed by atoms with Gasteiger partial charge in [0.25, 0.3) is 0 Å². The van der Waals surface area contributed by atoms with E-state index < -0.39 is 16.5 Å². The first-order chi connectivity index (χ1) is 15.3. The second kappa shape index (κ2) is 11.0. The van der Waals surface area contributed by atoms with Crippen LogP contribution in [0.4, 0.5) is 0 Å². The molecule has 0 atom stereocenters. The molecular formula is C20H20N4O6P2. The molecule has 8 bridgehead atoms. The van der Waals surface area contributed by atoms with Crippen LogP contribution >= 0.6 is 16.5 Å². The molecule has 0 amide bonds. The summed E-state index contributed by atoms with van der Waals surface area (Å²) in [6.07, 6.45) is 8.09. The summed E-state index contributed by atoms with van der Waals surface area (Å²) >= 11 is 0. The van der Waals surface area contributed by atoms with Crippen molar-refractivity contribution in [2.24, 2.45) is 0 Å². The summed E-state index contributed by atoms with van der Waals surface area (Å²) in [6.45, 7) is 0. The molecule has 6 N–H and O–H groups in total. The van der Waals surface area contributed by atoms with Crippen molar-refractivity contribution in [3.8, 4) is 0 Å². The standard InChI is InChI=1S/C20H14N4.2H3O3P/c1-2-14-10-16-5-6-18(23-16)12-20-8-7-19(24-20)11-17-4-3-15(22-17)9-13(1)21-14;2*1-4(2)3/h1-12,21,24H;2*4H,(H2,1,2,3). The fourth-order valence-electron chi connectivity index (χ4n) is 2.94. The molecule has 0 aliphatic carbocycles. The van der Waals surface area contributed by atoms with E-state index >= 15 is 0 Å². The van der Waals surface area contributed by atoms with Crippen LogP contribution in [-0.4, -0.2) is 39.5 Å². The number of hydrogen-bond acceptors (Lipinski definition) is 4. The summed E-state index contributed by atoms with van der Waals surface area (Å²) in [5, 5.41) is 0. The zero-order valence-electron chi connectivity index (χ0n) is 16.4. The van der Waals surface area contributed by atoms with Crippen LogP contribution in [-0.2, 0) is 9.13 Å². The van der Waals surface area contributed by atoms with E-state index in [-0.39, 0.29) is 0 Å². The van der Waals surface area contributed by atoms with Crippen LogP contribution < -0.4 is 0 Å². The average Bonchev–Trinajstić information content (AvgIpc) is 3.46. The minimum atomic E-state index is -3.13. The molecule has 166 valence electrons. The third-order valence-corrected chi connectivity index (χ3v) is 4.04. The Morgan fingerprint density at radius 2 is 0.750 bits per heavy atom. The van der Waals surface area contributed by atoms with Gasteiger partial charge in [-0.3, -0.25) is 9.13 Å². The molecule has 32 heavy (non-hydrogen) atoms. The van der Waals surface area contributed by atoms with Crippen molar-refractivity contribution in [2.75, 3.05) is 0 Å². The Kier molecular flexibility index (Phi) is 8.08. The van der Waals surface area contributed by atoms with Gasteiger partial charge in [0.2, 0.25) is 0 Å². The van der Waals surface area contributed by atoms with Crippen molar-refractivity contribution in [1.29, 1.82) is 0 Å². The van der Waals surface area contributed by atoms with Crippen LogP contribution in [0, 0.1) is 0 Å². The van der Waals surface area contributed by atoms with Gasteiger partial charge in [-0.15, -0.1) is 0 Å². The van der Waals surface area contributed by atoms with Gasteiger partial charge in [0.15, 0.2) is 0 Å². The Balaban J connectivity index is 0.000000316. The van der Waals surface area contributed by atoms with Gasteiger partial charge in [-0.2, -0.15) is 0 Å². The molecule has 2 aliphatic rings. The van der Waals surface area contributed by atoms with Crippen LogP contribution in [0.3, 0.4) is 0 Å². The first kappa shape index (κ1) is 23.6. The van der Waals surface area contributed by atoms with Gasteiger partial charge in [-0.1, -0.05) is 0 Å². The van der Waals surface area contributed by atoms with Gasteiger partial charge in [0.1, 0.15) is 0 Å². The molecule has 5 heterocycles. The number of rotatable bonds is 0. The summed E-state index contributed by atoms with van der Waals surface area (Å²) < 4.78 is 17.5. The number of aromatic nitrogens is 4. The molecule has 0 fully saturated rings. The first-order valence-corrected chi connectivity index (χ1v) is 11.8. The Hall–Kier alpha value is -3.10. The van der Waals surface area contributed by atoms with Crippen LogP contribution in [0.5, 0.6) is 0 Å². The molecule has 0 spiro atoms. The van der Waals surface area contributed by atoms with E-state index in [2.05, 4.69) is 44.2 Å². The van der Waals surface area contributed by atoms with Crippen LogP contribution in [0.15, 0.2) is 48.5 Å². The zero-order valence-corrected chi connectivity index (χ0v) is 18.4. The van der Waals surface area contributed by atoms with Gasteiger partial charge < -0.3 is 29.5 Å². The molecule has 5 rings (SSSR count). The van der Waals surface area contributed by atoms with E-state index in [1.165, 1.54) is 0 Å². The van der Waals surface area contributed by atoms with Gasteiger partial charge in [-0.25, -0.2) is 9.97 Å². The third-order valence-electron chi connectivity index (χ3n) is 4.04. The second-order valence-corrected chi connectivity index (χ2v) is 7.60. The van der Waals surface area contributed by atoms with E-state index in [1.54, 1.807) is 0 Å². The van der Waals surface area contributed by atoms with Crippen molar-refractivity contribution in [1.82, 2.24) is 19.9 Å². The van der Waals surface area contributed by atoms with Crippen molar-refractivity contribution in [3.05, 3.63) is 71.3 Å². The predicted molar refractivity (Wildman–Crippen MR) is 126 cm³/mol. The fourth-order valence-corrected chi connectivity index (χ4v) is 2.94. The molecule has 0 aromatic carbocycles. The number of H-pyrrole nitrogens is 2. The summed E-state index contributed by atoms with van der Waals surface area (Å²) in [6, 6.07) is 16.4. The van der Waals surface area contributed by atoms with Crippen LogP contribution in [0.1, 0.15) is 22.8 Å². The quantitative estimate of drug-likeness (QED) is 0.185. The Morgan fingerprint density at radius 1 is 0.531 bits per heavy atom. The summed E-state index contributed by atoms with van der Waals surface area (Å²) in [5.74, 6) is 0. The van der Waals surface area contributed by atoms with Crippen molar-refractivity contribution in [2.45, 2.75) is 0 Å². The van der Waals surface area contributed by atoms with E-state index in [9.17, 15) is 0 Å². The number of hydrogen-bond donors (Lipinski definition) is 6. The van der Waals surface area contributed by atoms with Crippen molar-refractivity contribution < 1.29 is 28.7 Å². The molecule has 0 saturated carbocycles. The van der Waals surface area contributed by atoms with Gasteiger partial charge >= 0.3 is 16.5 Å². The Labute approximate surface area is 183 Å². The monoisotopic (exact) mass is 474 g/mol. The van der Waals surface area contributed by atoms with Gasteiger partial charge in [-0.05, 0) is 72.8 Å². The number of fused-ring (bicyclic) bond motifs is 8. The lowest BCUT2D eigenvalue weighted by Gasteiger charge is -1.85. The molecule has 3 aromatic heterocycles. The molecular weight excluding hydrogens is 454 g/mol. The van der Waals surface area contributed by atoms with Crippen LogP contribution in [0.25, 0.3) is 46.4 Å². The predicted octanol–water partition coefficient (Wildman–Crippen LogP) is 3.38. The Morgan fingerprint density at radius 3 is 0.969 bits per heavy atom. The summed E-state index contributed by atoms with van der Waals surface area (Å²) in [5.41, 5.74) is 7.86. The lowest BCUT2D eigenvalue weighted by molar-refractivity contribution is 0.403. The lowest BCUT2D eigenvalue weighted by Crippen LogP contribution is -1.75. The average molecular weight is 474 g/mol. The molecule has 0 saturated heterocycles. The molecule has 10 nitrogen and oxygen atoms in total. The highest BCUT2D eigenvalue weighted by atomic mass is 31.1. The van der Waals surface area contributed by atoms with Gasteiger partial charge in [0, 0.05) is 22.1 Å². The molecule has 3 aromatic rings. The topological polar surface area (TPSA) is 172 Å². The lowest BCUT2D eigenvalue weighted by atomic mass is 10.3. The fraction of sp³-hybridized carbons (Fsp3) is 0. The zero-order chi connectivity index (χ0) is 23.1. The van der Waals surface area contributed by atoms with E-state index in [4.69, 9.17) is 28.7 Å². The molecule has 2 aliphatic heterocycles. The molecule has 12 heteroatoms. The number of aromatic amines is 2. The molecule has 0 radical (unpaired) electrons. The van der Waals surface area contributed by atoms with E-state index in [0.717, 1.165) is 44.8 Å². The minimum absolute atomic E-state index is 0.939. The number of nitrogens with zero attached hydrogens (tertiary/aromatic N) is 2.